The zero-order chi connectivity index (χ0) is 10.7. The number of rotatable bonds is 2. The summed E-state index contributed by atoms with van der Waals surface area (Å²) in [5.41, 5.74) is -0.162. The van der Waals surface area contributed by atoms with E-state index in [1.807, 2.05) is 12.1 Å². The first-order valence-electron chi connectivity index (χ1n) is 5.68. The van der Waals surface area contributed by atoms with Gasteiger partial charge < -0.3 is 4.42 Å². The van der Waals surface area contributed by atoms with Crippen LogP contribution >= 0.6 is 0 Å². The standard InChI is InChI=1S/C13H17NO/c1-11-4-6-13(10-14,7-5-11)9-12-3-2-8-15-12/h2-3,8,11H,4-7,9H2,1H3. The van der Waals surface area contributed by atoms with E-state index >= 15 is 0 Å². The molecule has 0 spiro atoms. The van der Waals surface area contributed by atoms with Gasteiger partial charge in [-0.3, -0.25) is 0 Å². The third kappa shape index (κ3) is 2.23. The molecule has 1 heterocycles. The summed E-state index contributed by atoms with van der Waals surface area (Å²) in [4.78, 5) is 0. The van der Waals surface area contributed by atoms with Crippen LogP contribution in [-0.2, 0) is 6.42 Å². The molecular weight excluding hydrogens is 186 g/mol. The normalized spacial score (nSPS) is 31.1. The van der Waals surface area contributed by atoms with Crippen molar-refractivity contribution in [2.24, 2.45) is 11.3 Å². The Balaban J connectivity index is 2.07. The summed E-state index contributed by atoms with van der Waals surface area (Å²) < 4.78 is 5.34. The fourth-order valence-corrected chi connectivity index (χ4v) is 2.39. The van der Waals surface area contributed by atoms with Gasteiger partial charge in [0.25, 0.3) is 0 Å². The molecule has 2 heteroatoms. The summed E-state index contributed by atoms with van der Waals surface area (Å²) in [6, 6.07) is 6.38. The lowest BCUT2D eigenvalue weighted by atomic mass is 9.69. The molecule has 0 N–H and O–H groups in total. The predicted molar refractivity (Wildman–Crippen MR) is 58.1 cm³/mol. The summed E-state index contributed by atoms with van der Waals surface area (Å²) in [7, 11) is 0. The first-order valence-corrected chi connectivity index (χ1v) is 5.68. The van der Waals surface area contributed by atoms with E-state index < -0.39 is 0 Å². The maximum atomic E-state index is 9.33. The zero-order valence-corrected chi connectivity index (χ0v) is 9.20. The highest BCUT2D eigenvalue weighted by molar-refractivity contribution is 5.10. The maximum Gasteiger partial charge on any atom is 0.105 e. The maximum absolute atomic E-state index is 9.33. The fourth-order valence-electron chi connectivity index (χ4n) is 2.39. The van der Waals surface area contributed by atoms with Gasteiger partial charge in [0.2, 0.25) is 0 Å². The van der Waals surface area contributed by atoms with E-state index in [9.17, 15) is 5.26 Å². The van der Waals surface area contributed by atoms with Crippen molar-refractivity contribution in [3.05, 3.63) is 24.2 Å². The van der Waals surface area contributed by atoms with Crippen LogP contribution in [0.25, 0.3) is 0 Å². The van der Waals surface area contributed by atoms with Crippen LogP contribution in [0.5, 0.6) is 0 Å². The Bertz CT molecular complexity index is 339. The van der Waals surface area contributed by atoms with Crippen LogP contribution in [0.3, 0.4) is 0 Å². The monoisotopic (exact) mass is 203 g/mol. The summed E-state index contributed by atoms with van der Waals surface area (Å²) in [6.07, 6.45) is 6.86. The smallest absolute Gasteiger partial charge is 0.105 e. The van der Waals surface area contributed by atoms with Gasteiger partial charge >= 0.3 is 0 Å². The minimum absolute atomic E-state index is 0.162. The third-order valence-electron chi connectivity index (χ3n) is 3.56. The van der Waals surface area contributed by atoms with Crippen molar-refractivity contribution in [1.29, 1.82) is 5.26 Å². The molecule has 1 aromatic heterocycles. The number of hydrogen-bond acceptors (Lipinski definition) is 2. The Hall–Kier alpha value is -1.23. The van der Waals surface area contributed by atoms with Crippen LogP contribution in [0.4, 0.5) is 0 Å². The van der Waals surface area contributed by atoms with Crippen molar-refractivity contribution in [3.63, 3.8) is 0 Å². The molecule has 2 nitrogen and oxygen atoms in total. The number of nitrogens with zero attached hydrogens (tertiary/aromatic N) is 1. The average Bonchev–Trinajstić information content (AvgIpc) is 2.75. The predicted octanol–water partition coefficient (Wildman–Crippen LogP) is 3.54. The van der Waals surface area contributed by atoms with Gasteiger partial charge in [0.1, 0.15) is 5.76 Å². The molecule has 0 unspecified atom stereocenters. The molecule has 0 amide bonds. The van der Waals surface area contributed by atoms with Gasteiger partial charge in [-0.05, 0) is 43.7 Å². The lowest BCUT2D eigenvalue weighted by Crippen LogP contribution is -2.27. The van der Waals surface area contributed by atoms with E-state index in [1.165, 1.54) is 12.8 Å². The van der Waals surface area contributed by atoms with Crippen LogP contribution in [0.2, 0.25) is 0 Å². The molecule has 1 aliphatic rings. The number of hydrogen-bond donors (Lipinski definition) is 0. The van der Waals surface area contributed by atoms with Gasteiger partial charge in [-0.15, -0.1) is 0 Å². The highest BCUT2D eigenvalue weighted by Crippen LogP contribution is 2.40. The molecule has 2 rings (SSSR count). The lowest BCUT2D eigenvalue weighted by molar-refractivity contribution is 0.208. The minimum Gasteiger partial charge on any atom is -0.469 e. The van der Waals surface area contributed by atoms with E-state index in [0.717, 1.165) is 30.9 Å². The summed E-state index contributed by atoms with van der Waals surface area (Å²) in [5, 5.41) is 9.33. The fraction of sp³-hybridized carbons (Fsp3) is 0.615. The van der Waals surface area contributed by atoms with Crippen LogP contribution in [0.1, 0.15) is 38.4 Å². The average molecular weight is 203 g/mol. The molecule has 0 saturated heterocycles. The molecular formula is C13H17NO. The molecule has 1 fully saturated rings. The van der Waals surface area contributed by atoms with E-state index in [-0.39, 0.29) is 5.41 Å². The second-order valence-electron chi connectivity index (χ2n) is 4.83. The van der Waals surface area contributed by atoms with Crippen LogP contribution in [-0.4, -0.2) is 0 Å². The first-order chi connectivity index (χ1) is 7.24. The molecule has 0 atom stereocenters. The van der Waals surface area contributed by atoms with Crippen molar-refractivity contribution >= 4 is 0 Å². The van der Waals surface area contributed by atoms with E-state index in [2.05, 4.69) is 13.0 Å². The second-order valence-corrected chi connectivity index (χ2v) is 4.83. The Morgan fingerprint density at radius 1 is 1.53 bits per heavy atom. The largest absolute Gasteiger partial charge is 0.469 e. The highest BCUT2D eigenvalue weighted by Gasteiger charge is 2.35. The summed E-state index contributed by atoms with van der Waals surface area (Å²) in [5.74, 6) is 1.73. The Kier molecular flexibility index (Phi) is 2.81. The molecule has 0 aliphatic heterocycles. The van der Waals surface area contributed by atoms with Crippen molar-refractivity contribution in [2.45, 2.75) is 39.0 Å². The summed E-state index contributed by atoms with van der Waals surface area (Å²) >= 11 is 0. The van der Waals surface area contributed by atoms with Gasteiger partial charge in [-0.25, -0.2) is 0 Å². The molecule has 1 saturated carbocycles. The molecule has 1 aliphatic carbocycles. The highest BCUT2D eigenvalue weighted by atomic mass is 16.3. The Labute approximate surface area is 90.9 Å². The van der Waals surface area contributed by atoms with E-state index in [1.54, 1.807) is 6.26 Å². The Morgan fingerprint density at radius 3 is 2.80 bits per heavy atom. The van der Waals surface area contributed by atoms with Crippen molar-refractivity contribution in [3.8, 4) is 6.07 Å². The Morgan fingerprint density at radius 2 is 2.27 bits per heavy atom. The molecule has 1 aromatic rings. The summed E-state index contributed by atoms with van der Waals surface area (Å²) in [6.45, 7) is 2.27. The van der Waals surface area contributed by atoms with Crippen LogP contribution in [0.15, 0.2) is 22.8 Å². The molecule has 80 valence electrons. The lowest BCUT2D eigenvalue weighted by Gasteiger charge is -2.32. The molecule has 0 bridgehead atoms. The van der Waals surface area contributed by atoms with Crippen LogP contribution in [0, 0.1) is 22.7 Å². The van der Waals surface area contributed by atoms with Gasteiger partial charge in [0, 0.05) is 6.42 Å². The zero-order valence-electron chi connectivity index (χ0n) is 9.20. The van der Waals surface area contributed by atoms with Crippen molar-refractivity contribution in [2.75, 3.05) is 0 Å². The van der Waals surface area contributed by atoms with Crippen molar-refractivity contribution in [1.82, 2.24) is 0 Å². The van der Waals surface area contributed by atoms with Crippen LogP contribution < -0.4 is 0 Å². The van der Waals surface area contributed by atoms with E-state index in [4.69, 9.17) is 4.42 Å². The SMILES string of the molecule is CC1CCC(C#N)(Cc2ccco2)CC1. The van der Waals surface area contributed by atoms with Gasteiger partial charge in [0.15, 0.2) is 0 Å². The quantitative estimate of drug-likeness (QED) is 0.737. The van der Waals surface area contributed by atoms with E-state index in [0.29, 0.717) is 0 Å². The van der Waals surface area contributed by atoms with Gasteiger partial charge in [-0.2, -0.15) is 5.26 Å². The van der Waals surface area contributed by atoms with Gasteiger partial charge in [-0.1, -0.05) is 6.92 Å². The molecule has 0 aromatic carbocycles. The topological polar surface area (TPSA) is 36.9 Å². The minimum atomic E-state index is -0.162. The first kappa shape index (κ1) is 10.3. The third-order valence-corrected chi connectivity index (χ3v) is 3.56. The molecule has 0 radical (unpaired) electrons. The number of nitriles is 1. The number of furan rings is 1. The second kappa shape index (κ2) is 4.10. The molecule has 15 heavy (non-hydrogen) atoms. The van der Waals surface area contributed by atoms with Gasteiger partial charge in [0.05, 0.1) is 17.7 Å². The van der Waals surface area contributed by atoms with Crippen molar-refractivity contribution < 1.29 is 4.42 Å².